The molecule has 1 aromatic heterocycles. The number of aromatic nitrogens is 1. The number of anilines is 1. The highest BCUT2D eigenvalue weighted by Gasteiger charge is 2.12. The average molecular weight is 245 g/mol. The lowest BCUT2D eigenvalue weighted by Crippen LogP contribution is -2.46. The summed E-state index contributed by atoms with van der Waals surface area (Å²) in [6, 6.07) is 5.96. The maximum Gasteiger partial charge on any atom is 0.163 e. The van der Waals surface area contributed by atoms with Crippen LogP contribution in [0.25, 0.3) is 0 Å². The van der Waals surface area contributed by atoms with Gasteiger partial charge in [-0.2, -0.15) is 5.26 Å². The van der Waals surface area contributed by atoms with E-state index in [0.717, 1.165) is 45.0 Å². The van der Waals surface area contributed by atoms with Crippen molar-refractivity contribution in [3.8, 4) is 6.07 Å². The summed E-state index contributed by atoms with van der Waals surface area (Å²) in [5, 5.41) is 12.4. The van der Waals surface area contributed by atoms with E-state index in [-0.39, 0.29) is 0 Å². The Hall–Kier alpha value is -1.64. The number of rotatable bonds is 4. The van der Waals surface area contributed by atoms with E-state index in [1.807, 2.05) is 19.2 Å². The summed E-state index contributed by atoms with van der Waals surface area (Å²) in [6.45, 7) is 6.29. The van der Waals surface area contributed by atoms with Gasteiger partial charge >= 0.3 is 0 Å². The zero-order valence-corrected chi connectivity index (χ0v) is 10.8. The number of nitriles is 1. The lowest BCUT2D eigenvalue weighted by molar-refractivity contribution is 0.246. The summed E-state index contributed by atoms with van der Waals surface area (Å²) in [7, 11) is 2.01. The van der Waals surface area contributed by atoms with Crippen molar-refractivity contribution in [1.29, 1.82) is 5.26 Å². The average Bonchev–Trinajstić information content (AvgIpc) is 2.45. The Morgan fingerprint density at radius 1 is 1.50 bits per heavy atom. The Morgan fingerprint density at radius 3 is 3.00 bits per heavy atom. The maximum atomic E-state index is 9.03. The van der Waals surface area contributed by atoms with Crippen LogP contribution in [0.1, 0.15) is 5.69 Å². The number of nitrogens with one attached hydrogen (secondary N) is 1. The van der Waals surface area contributed by atoms with Crippen LogP contribution in [0.4, 0.5) is 5.69 Å². The minimum Gasteiger partial charge on any atom is -0.371 e. The van der Waals surface area contributed by atoms with Crippen LogP contribution in [-0.4, -0.2) is 56.2 Å². The van der Waals surface area contributed by atoms with Crippen molar-refractivity contribution < 1.29 is 0 Å². The van der Waals surface area contributed by atoms with Gasteiger partial charge in [-0.3, -0.25) is 4.90 Å². The third kappa shape index (κ3) is 3.19. The van der Waals surface area contributed by atoms with Crippen molar-refractivity contribution in [1.82, 2.24) is 15.2 Å². The summed E-state index contributed by atoms with van der Waals surface area (Å²) in [5.41, 5.74) is 1.41. The number of likely N-dealkylation sites (N-methyl/N-ethyl adjacent to an activating group) is 1. The van der Waals surface area contributed by atoms with Gasteiger partial charge < -0.3 is 10.2 Å². The Bertz CT molecular complexity index is 420. The summed E-state index contributed by atoms with van der Waals surface area (Å²) >= 11 is 0. The highest BCUT2D eigenvalue weighted by Crippen LogP contribution is 2.15. The van der Waals surface area contributed by atoms with Crippen molar-refractivity contribution in [2.45, 2.75) is 0 Å². The van der Waals surface area contributed by atoms with Crippen LogP contribution < -0.4 is 10.2 Å². The molecule has 0 spiro atoms. The van der Waals surface area contributed by atoms with Crippen LogP contribution in [0, 0.1) is 11.3 Å². The second kappa shape index (κ2) is 6.34. The van der Waals surface area contributed by atoms with Gasteiger partial charge in [0.25, 0.3) is 0 Å². The molecular weight excluding hydrogens is 226 g/mol. The normalized spacial score (nSPS) is 16.2. The molecule has 5 nitrogen and oxygen atoms in total. The van der Waals surface area contributed by atoms with Crippen LogP contribution in [0.2, 0.25) is 0 Å². The van der Waals surface area contributed by atoms with Gasteiger partial charge in [-0.25, -0.2) is 4.98 Å². The highest BCUT2D eigenvalue weighted by molar-refractivity contribution is 5.54. The Morgan fingerprint density at radius 2 is 2.28 bits per heavy atom. The molecule has 0 aliphatic carbocycles. The molecule has 1 aromatic rings. The summed E-state index contributed by atoms with van der Waals surface area (Å²) in [6.07, 6.45) is 1.66. The van der Waals surface area contributed by atoms with E-state index in [1.54, 1.807) is 6.20 Å². The fourth-order valence-corrected chi connectivity index (χ4v) is 2.14. The first kappa shape index (κ1) is 12.8. The van der Waals surface area contributed by atoms with Crippen LogP contribution in [0.3, 0.4) is 0 Å². The lowest BCUT2D eigenvalue weighted by atomic mass is 10.2. The first-order valence-corrected chi connectivity index (χ1v) is 6.30. The molecule has 0 radical (unpaired) electrons. The number of hydrogen-bond donors (Lipinski definition) is 1. The molecule has 2 rings (SSSR count). The smallest absolute Gasteiger partial charge is 0.163 e. The molecule has 1 aliphatic heterocycles. The number of pyridine rings is 1. The molecule has 0 amide bonds. The number of hydrogen-bond acceptors (Lipinski definition) is 5. The number of piperazine rings is 1. The molecule has 1 fully saturated rings. The van der Waals surface area contributed by atoms with Crippen LogP contribution in [0.15, 0.2) is 18.3 Å². The SMILES string of the molecule is CN(CCN1CCNCC1)c1cccnc1C#N. The zero-order chi connectivity index (χ0) is 12.8. The molecule has 5 heteroatoms. The fourth-order valence-electron chi connectivity index (χ4n) is 2.14. The monoisotopic (exact) mass is 245 g/mol. The fraction of sp³-hybridized carbons (Fsp3) is 0.538. The zero-order valence-electron chi connectivity index (χ0n) is 10.8. The minimum absolute atomic E-state index is 0.500. The molecule has 18 heavy (non-hydrogen) atoms. The predicted molar refractivity (Wildman–Crippen MR) is 71.5 cm³/mol. The topological polar surface area (TPSA) is 55.2 Å². The van der Waals surface area contributed by atoms with Crippen molar-refractivity contribution >= 4 is 5.69 Å². The van der Waals surface area contributed by atoms with E-state index in [0.29, 0.717) is 5.69 Å². The van der Waals surface area contributed by atoms with Crippen molar-refractivity contribution in [3.63, 3.8) is 0 Å². The minimum atomic E-state index is 0.500. The first-order valence-electron chi connectivity index (χ1n) is 6.30. The highest BCUT2D eigenvalue weighted by atomic mass is 15.2. The summed E-state index contributed by atoms with van der Waals surface area (Å²) in [5.74, 6) is 0. The molecule has 0 saturated carbocycles. The van der Waals surface area contributed by atoms with E-state index < -0.39 is 0 Å². The quantitative estimate of drug-likeness (QED) is 0.826. The van der Waals surface area contributed by atoms with E-state index >= 15 is 0 Å². The molecule has 0 aromatic carbocycles. The predicted octanol–water partition coefficient (Wildman–Crippen LogP) is 0.295. The van der Waals surface area contributed by atoms with Crippen LogP contribution in [0.5, 0.6) is 0 Å². The van der Waals surface area contributed by atoms with Gasteiger partial charge in [-0.1, -0.05) is 0 Å². The molecular formula is C13H19N5. The molecule has 0 unspecified atom stereocenters. The molecule has 2 heterocycles. The van der Waals surface area contributed by atoms with Crippen molar-refractivity contribution in [2.24, 2.45) is 0 Å². The molecule has 96 valence electrons. The largest absolute Gasteiger partial charge is 0.371 e. The molecule has 1 aliphatic rings. The Labute approximate surface area is 108 Å². The van der Waals surface area contributed by atoms with E-state index in [9.17, 15) is 0 Å². The van der Waals surface area contributed by atoms with Gasteiger partial charge in [0.15, 0.2) is 5.69 Å². The van der Waals surface area contributed by atoms with Gasteiger partial charge in [-0.15, -0.1) is 0 Å². The molecule has 1 saturated heterocycles. The summed E-state index contributed by atoms with van der Waals surface area (Å²) in [4.78, 5) is 8.63. The second-order valence-electron chi connectivity index (χ2n) is 4.50. The van der Waals surface area contributed by atoms with Gasteiger partial charge in [0.2, 0.25) is 0 Å². The van der Waals surface area contributed by atoms with Crippen molar-refractivity contribution in [2.75, 3.05) is 51.2 Å². The van der Waals surface area contributed by atoms with Gasteiger partial charge in [-0.05, 0) is 12.1 Å². The summed E-state index contributed by atoms with van der Waals surface area (Å²) < 4.78 is 0. The molecule has 0 atom stereocenters. The number of nitrogens with zero attached hydrogens (tertiary/aromatic N) is 4. The van der Waals surface area contributed by atoms with Crippen LogP contribution >= 0.6 is 0 Å². The Balaban J connectivity index is 1.91. The van der Waals surface area contributed by atoms with E-state index in [2.05, 4.69) is 26.2 Å². The standard InChI is InChI=1S/C13H19N5/c1-17(9-10-18-7-5-15-6-8-18)13-3-2-4-16-12(13)11-14/h2-4,15H,5-10H2,1H3. The van der Waals surface area contributed by atoms with Crippen LogP contribution in [-0.2, 0) is 0 Å². The second-order valence-corrected chi connectivity index (χ2v) is 4.50. The van der Waals surface area contributed by atoms with Gasteiger partial charge in [0.1, 0.15) is 6.07 Å². The first-order chi connectivity index (χ1) is 8.81. The van der Waals surface area contributed by atoms with Gasteiger partial charge in [0, 0.05) is 52.5 Å². The molecule has 0 bridgehead atoms. The van der Waals surface area contributed by atoms with Crippen molar-refractivity contribution in [3.05, 3.63) is 24.0 Å². The third-order valence-corrected chi connectivity index (χ3v) is 3.26. The van der Waals surface area contributed by atoms with E-state index in [1.165, 1.54) is 0 Å². The molecule has 1 N–H and O–H groups in total. The van der Waals surface area contributed by atoms with E-state index in [4.69, 9.17) is 5.26 Å². The lowest BCUT2D eigenvalue weighted by Gasteiger charge is -2.29. The Kier molecular flexibility index (Phi) is 4.51. The maximum absolute atomic E-state index is 9.03. The third-order valence-electron chi connectivity index (χ3n) is 3.26. The van der Waals surface area contributed by atoms with Gasteiger partial charge in [0.05, 0.1) is 5.69 Å².